The molecule has 6 nitrogen and oxygen atoms in total. The Morgan fingerprint density at radius 3 is 2.30 bits per heavy atom. The summed E-state index contributed by atoms with van der Waals surface area (Å²) in [7, 11) is 0. The fourth-order valence-electron chi connectivity index (χ4n) is 3.87. The number of hydrogen-bond acceptors (Lipinski definition) is 5. The molecule has 0 bridgehead atoms. The molecule has 1 aliphatic rings. The largest absolute Gasteiger partial charge is 0.352 e. The van der Waals surface area contributed by atoms with E-state index in [0.717, 1.165) is 46.6 Å². The molecule has 1 fully saturated rings. The summed E-state index contributed by atoms with van der Waals surface area (Å²) in [5, 5.41) is 10.8. The lowest BCUT2D eigenvalue weighted by Gasteiger charge is -2.35. The molecule has 148 valence electrons. The Hall–Kier alpha value is -3.80. The Kier molecular flexibility index (Phi) is 4.81. The molecule has 30 heavy (non-hydrogen) atoms. The number of fused-ring (bicyclic) bond motifs is 1. The van der Waals surface area contributed by atoms with Gasteiger partial charge in [0.05, 0.1) is 5.69 Å². The minimum Gasteiger partial charge on any atom is -0.352 e. The average molecular weight is 395 g/mol. The predicted molar refractivity (Wildman–Crippen MR) is 117 cm³/mol. The third-order valence-electron chi connectivity index (χ3n) is 5.49. The average Bonchev–Trinajstić information content (AvgIpc) is 2.84. The molecule has 0 N–H and O–H groups in total. The van der Waals surface area contributed by atoms with Crippen LogP contribution < -0.4 is 4.90 Å². The van der Waals surface area contributed by atoms with Crippen molar-refractivity contribution in [2.75, 3.05) is 31.1 Å². The molecule has 1 aliphatic heterocycles. The number of carbonyl (C=O) groups excluding carboxylic acids is 1. The Morgan fingerprint density at radius 1 is 0.733 bits per heavy atom. The van der Waals surface area contributed by atoms with Crippen LogP contribution in [0.3, 0.4) is 0 Å². The van der Waals surface area contributed by atoms with E-state index in [4.69, 9.17) is 0 Å². The summed E-state index contributed by atoms with van der Waals surface area (Å²) in [5.74, 6) is 0.912. The van der Waals surface area contributed by atoms with Crippen molar-refractivity contribution in [1.29, 1.82) is 0 Å². The van der Waals surface area contributed by atoms with Gasteiger partial charge in [-0.15, -0.1) is 10.2 Å². The molecule has 1 saturated heterocycles. The highest BCUT2D eigenvalue weighted by molar-refractivity contribution is 6.07. The SMILES string of the molecule is O=C(c1cccc2ccccc12)N1CCN(c2ccc(-c3ccccn3)nn2)CC1. The third kappa shape index (κ3) is 3.48. The zero-order chi connectivity index (χ0) is 20.3. The van der Waals surface area contributed by atoms with E-state index in [0.29, 0.717) is 13.1 Å². The zero-order valence-corrected chi connectivity index (χ0v) is 16.5. The summed E-state index contributed by atoms with van der Waals surface area (Å²) in [4.78, 5) is 21.5. The smallest absolute Gasteiger partial charge is 0.254 e. The number of hydrogen-bond donors (Lipinski definition) is 0. The number of aromatic nitrogens is 3. The first kappa shape index (κ1) is 18.2. The number of anilines is 1. The number of pyridine rings is 1. The number of carbonyl (C=O) groups is 1. The zero-order valence-electron chi connectivity index (χ0n) is 16.5. The van der Waals surface area contributed by atoms with Crippen LogP contribution in [-0.4, -0.2) is 52.2 Å². The van der Waals surface area contributed by atoms with E-state index >= 15 is 0 Å². The fourth-order valence-corrected chi connectivity index (χ4v) is 3.87. The van der Waals surface area contributed by atoms with E-state index in [-0.39, 0.29) is 5.91 Å². The predicted octanol–water partition coefficient (Wildman–Crippen LogP) is 3.65. The van der Waals surface area contributed by atoms with E-state index < -0.39 is 0 Å². The number of benzene rings is 2. The van der Waals surface area contributed by atoms with Gasteiger partial charge in [-0.3, -0.25) is 9.78 Å². The van der Waals surface area contributed by atoms with Gasteiger partial charge in [0.15, 0.2) is 5.82 Å². The van der Waals surface area contributed by atoms with Crippen LogP contribution in [0, 0.1) is 0 Å². The lowest BCUT2D eigenvalue weighted by atomic mass is 10.0. The second-order valence-electron chi connectivity index (χ2n) is 7.30. The molecule has 1 amide bonds. The normalized spacial score (nSPS) is 14.1. The van der Waals surface area contributed by atoms with Gasteiger partial charge in [0.1, 0.15) is 5.69 Å². The van der Waals surface area contributed by atoms with Crippen LogP contribution in [-0.2, 0) is 0 Å². The van der Waals surface area contributed by atoms with E-state index in [2.05, 4.69) is 20.1 Å². The van der Waals surface area contributed by atoms with E-state index in [1.165, 1.54) is 0 Å². The van der Waals surface area contributed by atoms with Crippen molar-refractivity contribution < 1.29 is 4.79 Å². The second-order valence-corrected chi connectivity index (χ2v) is 7.30. The van der Waals surface area contributed by atoms with Crippen LogP contribution in [0.25, 0.3) is 22.2 Å². The third-order valence-corrected chi connectivity index (χ3v) is 5.49. The molecule has 0 atom stereocenters. The Balaban J connectivity index is 1.28. The first-order valence-corrected chi connectivity index (χ1v) is 10.1. The maximum absolute atomic E-state index is 13.1. The van der Waals surface area contributed by atoms with E-state index in [9.17, 15) is 4.79 Å². The van der Waals surface area contributed by atoms with Crippen LogP contribution in [0.2, 0.25) is 0 Å². The van der Waals surface area contributed by atoms with Gasteiger partial charge in [0.2, 0.25) is 0 Å². The van der Waals surface area contributed by atoms with Gasteiger partial charge >= 0.3 is 0 Å². The Labute approximate surface area is 174 Å². The van der Waals surface area contributed by atoms with Crippen molar-refractivity contribution in [2.45, 2.75) is 0 Å². The number of rotatable bonds is 3. The molecule has 3 heterocycles. The van der Waals surface area contributed by atoms with Gasteiger partial charge in [0.25, 0.3) is 5.91 Å². The molecule has 0 radical (unpaired) electrons. The number of amides is 1. The van der Waals surface area contributed by atoms with Crippen LogP contribution in [0.1, 0.15) is 10.4 Å². The quantitative estimate of drug-likeness (QED) is 0.530. The van der Waals surface area contributed by atoms with Crippen molar-refractivity contribution >= 4 is 22.5 Å². The van der Waals surface area contributed by atoms with E-state index in [1.54, 1.807) is 6.20 Å². The van der Waals surface area contributed by atoms with Crippen LogP contribution in [0.4, 0.5) is 5.82 Å². The van der Waals surface area contributed by atoms with Gasteiger partial charge < -0.3 is 9.80 Å². The molecule has 5 rings (SSSR count). The lowest BCUT2D eigenvalue weighted by molar-refractivity contribution is 0.0748. The van der Waals surface area contributed by atoms with Gasteiger partial charge in [-0.2, -0.15) is 0 Å². The first-order chi connectivity index (χ1) is 14.8. The summed E-state index contributed by atoms with van der Waals surface area (Å²) in [6.07, 6.45) is 1.75. The number of nitrogens with zero attached hydrogens (tertiary/aromatic N) is 5. The topological polar surface area (TPSA) is 62.2 Å². The summed E-state index contributed by atoms with van der Waals surface area (Å²) in [6.45, 7) is 2.78. The minimum absolute atomic E-state index is 0.0861. The first-order valence-electron chi connectivity index (χ1n) is 10.1. The minimum atomic E-state index is 0.0861. The van der Waals surface area contributed by atoms with Crippen molar-refractivity contribution in [3.05, 3.63) is 84.6 Å². The molecule has 0 saturated carbocycles. The van der Waals surface area contributed by atoms with Gasteiger partial charge in [-0.05, 0) is 41.1 Å². The lowest BCUT2D eigenvalue weighted by Crippen LogP contribution is -2.49. The van der Waals surface area contributed by atoms with Crippen molar-refractivity contribution in [3.63, 3.8) is 0 Å². The van der Waals surface area contributed by atoms with Gasteiger partial charge in [-0.1, -0.05) is 42.5 Å². The summed E-state index contributed by atoms with van der Waals surface area (Å²) >= 11 is 0. The molecule has 6 heteroatoms. The molecular weight excluding hydrogens is 374 g/mol. The Bertz CT molecular complexity index is 1160. The fraction of sp³-hybridized carbons (Fsp3) is 0.167. The monoisotopic (exact) mass is 395 g/mol. The molecular formula is C24H21N5O. The van der Waals surface area contributed by atoms with Crippen molar-refractivity contribution in [1.82, 2.24) is 20.1 Å². The van der Waals surface area contributed by atoms with Gasteiger partial charge in [0, 0.05) is 37.9 Å². The summed E-state index contributed by atoms with van der Waals surface area (Å²) in [6, 6.07) is 23.6. The number of piperazine rings is 1. The van der Waals surface area contributed by atoms with Crippen LogP contribution >= 0.6 is 0 Å². The van der Waals surface area contributed by atoms with E-state index in [1.807, 2.05) is 77.7 Å². The van der Waals surface area contributed by atoms with Crippen molar-refractivity contribution in [2.24, 2.45) is 0 Å². The highest BCUT2D eigenvalue weighted by atomic mass is 16.2. The summed E-state index contributed by atoms with van der Waals surface area (Å²) < 4.78 is 0. The molecule has 0 unspecified atom stereocenters. The van der Waals surface area contributed by atoms with Crippen molar-refractivity contribution in [3.8, 4) is 11.4 Å². The molecule has 4 aromatic rings. The highest BCUT2D eigenvalue weighted by Gasteiger charge is 2.24. The maximum atomic E-state index is 13.1. The van der Waals surface area contributed by atoms with Crippen LogP contribution in [0.15, 0.2) is 79.0 Å². The molecule has 2 aromatic heterocycles. The highest BCUT2D eigenvalue weighted by Crippen LogP contribution is 2.22. The standard InChI is InChI=1S/C24H21N5O/c30-24(20-9-5-7-18-6-1-2-8-19(18)20)29-16-14-28(15-17-29)23-12-11-22(26-27-23)21-10-3-4-13-25-21/h1-13H,14-17H2. The Morgan fingerprint density at radius 2 is 1.53 bits per heavy atom. The van der Waals surface area contributed by atoms with Gasteiger partial charge in [-0.25, -0.2) is 0 Å². The molecule has 0 spiro atoms. The molecule has 2 aromatic carbocycles. The second kappa shape index (κ2) is 7.91. The molecule has 0 aliphatic carbocycles. The van der Waals surface area contributed by atoms with Crippen LogP contribution in [0.5, 0.6) is 0 Å². The summed E-state index contributed by atoms with van der Waals surface area (Å²) in [5.41, 5.74) is 2.33. The maximum Gasteiger partial charge on any atom is 0.254 e.